The van der Waals surface area contributed by atoms with Crippen molar-refractivity contribution in [2.75, 3.05) is 31.1 Å². The largest absolute Gasteiger partial charge is 0.368 e. The fourth-order valence-corrected chi connectivity index (χ4v) is 3.25. The molecular formula is C15H16BrClN4O. The second-order valence-corrected chi connectivity index (χ2v) is 6.55. The fraction of sp³-hybridized carbons (Fsp3) is 0.333. The van der Waals surface area contributed by atoms with Crippen molar-refractivity contribution < 1.29 is 4.79 Å². The summed E-state index contributed by atoms with van der Waals surface area (Å²) in [6.45, 7) is 2.98. The number of aromatic nitrogens is 2. The van der Waals surface area contributed by atoms with E-state index in [1.807, 2.05) is 29.2 Å². The lowest BCUT2D eigenvalue weighted by Crippen LogP contribution is -2.49. The first-order valence-corrected chi connectivity index (χ1v) is 8.20. The van der Waals surface area contributed by atoms with E-state index < -0.39 is 0 Å². The SMILES string of the molecule is Cn1cc(Br)c(C(=O)N2CCN(c3ccc(Cl)cc3)CC2)n1. The van der Waals surface area contributed by atoms with Crippen LogP contribution in [0.1, 0.15) is 10.5 Å². The molecule has 1 aliphatic heterocycles. The normalized spacial score (nSPS) is 15.2. The number of halogens is 2. The van der Waals surface area contributed by atoms with Crippen LogP contribution in [0, 0.1) is 0 Å². The highest BCUT2D eigenvalue weighted by Gasteiger charge is 2.25. The Bertz CT molecular complexity index is 677. The summed E-state index contributed by atoms with van der Waals surface area (Å²) < 4.78 is 2.38. The van der Waals surface area contributed by atoms with Gasteiger partial charge in [0.15, 0.2) is 5.69 Å². The molecule has 0 aliphatic carbocycles. The molecule has 1 fully saturated rings. The minimum Gasteiger partial charge on any atom is -0.368 e. The first-order valence-electron chi connectivity index (χ1n) is 7.03. The fourth-order valence-electron chi connectivity index (χ4n) is 2.57. The van der Waals surface area contributed by atoms with Gasteiger partial charge in [-0.2, -0.15) is 5.10 Å². The lowest BCUT2D eigenvalue weighted by Gasteiger charge is -2.35. The summed E-state index contributed by atoms with van der Waals surface area (Å²) in [4.78, 5) is 16.6. The Morgan fingerprint density at radius 3 is 2.36 bits per heavy atom. The molecule has 3 rings (SSSR count). The molecule has 0 spiro atoms. The van der Waals surface area contributed by atoms with Gasteiger partial charge in [-0.3, -0.25) is 9.48 Å². The second-order valence-electron chi connectivity index (χ2n) is 5.25. The summed E-state index contributed by atoms with van der Waals surface area (Å²) in [5.74, 6) is -0.0248. The third-order valence-electron chi connectivity index (χ3n) is 3.75. The molecular weight excluding hydrogens is 368 g/mol. The number of hydrogen-bond acceptors (Lipinski definition) is 3. The van der Waals surface area contributed by atoms with E-state index in [0.29, 0.717) is 18.8 Å². The van der Waals surface area contributed by atoms with Gasteiger partial charge in [0.05, 0.1) is 4.47 Å². The number of nitrogens with zero attached hydrogens (tertiary/aromatic N) is 4. The van der Waals surface area contributed by atoms with Crippen LogP contribution in [-0.2, 0) is 7.05 Å². The molecule has 116 valence electrons. The van der Waals surface area contributed by atoms with Crippen LogP contribution in [-0.4, -0.2) is 46.8 Å². The van der Waals surface area contributed by atoms with Gasteiger partial charge in [-0.25, -0.2) is 0 Å². The summed E-state index contributed by atoms with van der Waals surface area (Å²) in [7, 11) is 1.81. The van der Waals surface area contributed by atoms with Crippen molar-refractivity contribution in [3.8, 4) is 0 Å². The van der Waals surface area contributed by atoms with Crippen LogP contribution in [0.5, 0.6) is 0 Å². The summed E-state index contributed by atoms with van der Waals surface area (Å²) in [5.41, 5.74) is 1.61. The van der Waals surface area contributed by atoms with E-state index >= 15 is 0 Å². The van der Waals surface area contributed by atoms with E-state index in [4.69, 9.17) is 11.6 Å². The smallest absolute Gasteiger partial charge is 0.275 e. The van der Waals surface area contributed by atoms with Crippen molar-refractivity contribution >= 4 is 39.1 Å². The number of amides is 1. The molecule has 0 bridgehead atoms. The minimum absolute atomic E-state index is 0.0248. The summed E-state index contributed by atoms with van der Waals surface area (Å²) >= 11 is 9.30. The monoisotopic (exact) mass is 382 g/mol. The van der Waals surface area contributed by atoms with Crippen molar-refractivity contribution in [1.29, 1.82) is 0 Å². The second kappa shape index (κ2) is 6.30. The summed E-state index contributed by atoms with van der Waals surface area (Å²) in [6, 6.07) is 7.79. The van der Waals surface area contributed by atoms with E-state index in [2.05, 4.69) is 25.9 Å². The van der Waals surface area contributed by atoms with Crippen molar-refractivity contribution in [2.45, 2.75) is 0 Å². The number of carbonyl (C=O) groups excluding carboxylic acids is 1. The molecule has 1 aromatic heterocycles. The molecule has 2 heterocycles. The van der Waals surface area contributed by atoms with E-state index in [9.17, 15) is 4.79 Å². The predicted octanol–water partition coefficient (Wildman–Crippen LogP) is 2.80. The molecule has 7 heteroatoms. The van der Waals surface area contributed by atoms with Crippen LogP contribution in [0.2, 0.25) is 5.02 Å². The van der Waals surface area contributed by atoms with E-state index in [1.165, 1.54) is 0 Å². The van der Waals surface area contributed by atoms with Gasteiger partial charge in [0.25, 0.3) is 5.91 Å². The zero-order chi connectivity index (χ0) is 15.7. The zero-order valence-corrected chi connectivity index (χ0v) is 14.5. The molecule has 0 saturated carbocycles. The Morgan fingerprint density at radius 2 is 1.82 bits per heavy atom. The maximum absolute atomic E-state index is 12.5. The third-order valence-corrected chi connectivity index (χ3v) is 4.58. The number of carbonyl (C=O) groups is 1. The number of anilines is 1. The van der Waals surface area contributed by atoms with E-state index in [-0.39, 0.29) is 5.91 Å². The Labute approximate surface area is 142 Å². The van der Waals surface area contributed by atoms with Crippen LogP contribution < -0.4 is 4.90 Å². The Hall–Kier alpha value is -1.53. The predicted molar refractivity (Wildman–Crippen MR) is 90.5 cm³/mol. The molecule has 1 aromatic carbocycles. The van der Waals surface area contributed by atoms with Gasteiger partial charge >= 0.3 is 0 Å². The van der Waals surface area contributed by atoms with Crippen LogP contribution in [0.3, 0.4) is 0 Å². The molecule has 0 N–H and O–H groups in total. The van der Waals surface area contributed by atoms with Crippen molar-refractivity contribution in [3.63, 3.8) is 0 Å². The summed E-state index contributed by atoms with van der Waals surface area (Å²) in [6.07, 6.45) is 1.79. The maximum Gasteiger partial charge on any atom is 0.275 e. The standard InChI is InChI=1S/C15H16BrClN4O/c1-19-10-13(16)14(18-19)15(22)21-8-6-20(7-9-21)12-4-2-11(17)3-5-12/h2-5,10H,6-9H2,1H3. The van der Waals surface area contributed by atoms with E-state index in [1.54, 1.807) is 17.9 Å². The molecule has 22 heavy (non-hydrogen) atoms. The van der Waals surface area contributed by atoms with Gasteiger partial charge in [-0.15, -0.1) is 0 Å². The first-order chi connectivity index (χ1) is 10.5. The molecule has 1 saturated heterocycles. The molecule has 1 amide bonds. The number of aryl methyl sites for hydroxylation is 1. The average molecular weight is 384 g/mol. The molecule has 5 nitrogen and oxygen atoms in total. The van der Waals surface area contributed by atoms with Gasteiger partial charge in [0, 0.05) is 50.1 Å². The quantitative estimate of drug-likeness (QED) is 0.801. The molecule has 1 aliphatic rings. The van der Waals surface area contributed by atoms with Gasteiger partial charge in [0.2, 0.25) is 0 Å². The third kappa shape index (κ3) is 3.13. The zero-order valence-electron chi connectivity index (χ0n) is 12.2. The van der Waals surface area contributed by atoms with Crippen LogP contribution in [0.25, 0.3) is 0 Å². The van der Waals surface area contributed by atoms with E-state index in [0.717, 1.165) is 28.3 Å². The lowest BCUT2D eigenvalue weighted by atomic mass is 10.2. The van der Waals surface area contributed by atoms with Gasteiger partial charge < -0.3 is 9.80 Å². The minimum atomic E-state index is -0.0248. The van der Waals surface area contributed by atoms with Crippen molar-refractivity contribution in [2.24, 2.45) is 7.05 Å². The highest BCUT2D eigenvalue weighted by molar-refractivity contribution is 9.10. The lowest BCUT2D eigenvalue weighted by molar-refractivity contribution is 0.0739. The van der Waals surface area contributed by atoms with Crippen LogP contribution in [0.4, 0.5) is 5.69 Å². The van der Waals surface area contributed by atoms with Crippen molar-refractivity contribution in [1.82, 2.24) is 14.7 Å². The highest BCUT2D eigenvalue weighted by atomic mass is 79.9. The maximum atomic E-state index is 12.5. The number of hydrogen-bond donors (Lipinski definition) is 0. The average Bonchev–Trinajstić information content (AvgIpc) is 2.86. The molecule has 0 unspecified atom stereocenters. The van der Waals surface area contributed by atoms with Gasteiger partial charge in [-0.1, -0.05) is 11.6 Å². The Balaban J connectivity index is 1.65. The molecule has 0 radical (unpaired) electrons. The first kappa shape index (κ1) is 15.4. The highest BCUT2D eigenvalue weighted by Crippen LogP contribution is 2.21. The van der Waals surface area contributed by atoms with Gasteiger partial charge in [-0.05, 0) is 40.2 Å². The topological polar surface area (TPSA) is 41.4 Å². The number of piperazine rings is 1. The Kier molecular flexibility index (Phi) is 4.40. The van der Waals surface area contributed by atoms with Crippen LogP contribution in [0.15, 0.2) is 34.9 Å². The molecule has 2 aromatic rings. The number of rotatable bonds is 2. The van der Waals surface area contributed by atoms with Crippen LogP contribution >= 0.6 is 27.5 Å². The Morgan fingerprint density at radius 1 is 1.18 bits per heavy atom. The van der Waals surface area contributed by atoms with Gasteiger partial charge in [0.1, 0.15) is 0 Å². The molecule has 0 atom stereocenters. The van der Waals surface area contributed by atoms with Crippen molar-refractivity contribution in [3.05, 3.63) is 45.7 Å². The number of benzene rings is 1. The summed E-state index contributed by atoms with van der Waals surface area (Å²) in [5, 5.41) is 4.96.